The van der Waals surface area contributed by atoms with E-state index in [0.717, 1.165) is 11.8 Å². The quantitative estimate of drug-likeness (QED) is 0.430. The van der Waals surface area contributed by atoms with Crippen LogP contribution in [0, 0.1) is 5.92 Å². The number of rotatable bonds is 1. The maximum Gasteiger partial charge on any atom is 0.0400 e. The van der Waals surface area contributed by atoms with Gasteiger partial charge >= 0.3 is 0 Å². The molecule has 1 saturated carbocycles. The zero-order chi connectivity index (χ0) is 13.2. The van der Waals surface area contributed by atoms with Crippen LogP contribution in [0.1, 0.15) is 79.3 Å². The first-order valence-electron chi connectivity index (χ1n) is 8.01. The molecule has 3 rings (SSSR count). The van der Waals surface area contributed by atoms with Crippen LogP contribution in [0.3, 0.4) is 0 Å². The maximum absolute atomic E-state index is 3.94. The number of aryl methyl sites for hydroxylation is 1. The molecular weight excluding hydrogens is 296 g/mol. The number of halogens is 1. The Hall–Kier alpha value is -0.300. The molecule has 0 aliphatic heterocycles. The molecule has 104 valence electrons. The Labute approximate surface area is 126 Å². The van der Waals surface area contributed by atoms with Crippen LogP contribution in [0.4, 0.5) is 0 Å². The molecule has 0 nitrogen and oxygen atoms in total. The Morgan fingerprint density at radius 2 is 1.84 bits per heavy atom. The van der Waals surface area contributed by atoms with Gasteiger partial charge in [0, 0.05) is 4.83 Å². The molecule has 0 spiro atoms. The lowest BCUT2D eigenvalue weighted by atomic mass is 9.82. The molecule has 1 heteroatoms. The van der Waals surface area contributed by atoms with E-state index in [1.165, 1.54) is 51.4 Å². The fraction of sp³-hybridized carbons (Fsp3) is 0.667. The molecule has 0 amide bonds. The van der Waals surface area contributed by atoms with Crippen molar-refractivity contribution in [3.63, 3.8) is 0 Å². The molecule has 1 aromatic carbocycles. The third-order valence-corrected chi connectivity index (χ3v) is 5.97. The summed E-state index contributed by atoms with van der Waals surface area (Å²) in [5, 5.41) is 0. The minimum absolute atomic E-state index is 0.573. The number of hydrogen-bond donors (Lipinski definition) is 0. The van der Waals surface area contributed by atoms with Gasteiger partial charge in [-0.1, -0.05) is 60.3 Å². The third kappa shape index (κ3) is 3.07. The first-order chi connectivity index (χ1) is 9.24. The van der Waals surface area contributed by atoms with Gasteiger partial charge in [0.25, 0.3) is 0 Å². The number of alkyl halides is 1. The summed E-state index contributed by atoms with van der Waals surface area (Å²) in [6, 6.07) is 7.37. The van der Waals surface area contributed by atoms with E-state index >= 15 is 0 Å². The van der Waals surface area contributed by atoms with Crippen LogP contribution in [0.2, 0.25) is 0 Å². The van der Waals surface area contributed by atoms with E-state index in [1.54, 1.807) is 16.7 Å². The summed E-state index contributed by atoms with van der Waals surface area (Å²) in [4.78, 5) is 0.573. The zero-order valence-corrected chi connectivity index (χ0v) is 13.6. The van der Waals surface area contributed by atoms with Gasteiger partial charge in [0.15, 0.2) is 0 Å². The molecule has 0 saturated heterocycles. The van der Waals surface area contributed by atoms with Crippen LogP contribution in [0.25, 0.3) is 0 Å². The van der Waals surface area contributed by atoms with Crippen molar-refractivity contribution in [2.45, 2.75) is 69.0 Å². The fourth-order valence-electron chi connectivity index (χ4n) is 3.82. The van der Waals surface area contributed by atoms with Crippen molar-refractivity contribution >= 4 is 15.9 Å². The smallest absolute Gasteiger partial charge is 0.0400 e. The summed E-state index contributed by atoms with van der Waals surface area (Å²) in [5.41, 5.74) is 4.79. The van der Waals surface area contributed by atoms with E-state index in [1.807, 2.05) is 0 Å². The standard InChI is InChI=1S/C18H25Br/c1-13-7-8-15-9-10-16(12-17(15)18(19)11-13)14-5-3-2-4-6-14/h9-10,12-14,18H,2-8,11H2,1H3. The van der Waals surface area contributed by atoms with Crippen LogP contribution in [0.15, 0.2) is 18.2 Å². The Balaban J connectivity index is 1.87. The van der Waals surface area contributed by atoms with Gasteiger partial charge in [0.1, 0.15) is 0 Å². The monoisotopic (exact) mass is 320 g/mol. The summed E-state index contributed by atoms with van der Waals surface area (Å²) < 4.78 is 0. The Kier molecular flexibility index (Phi) is 4.31. The molecule has 2 aliphatic rings. The highest BCUT2D eigenvalue weighted by Gasteiger charge is 2.22. The van der Waals surface area contributed by atoms with Gasteiger partial charge in [-0.05, 0) is 60.6 Å². The molecule has 2 atom stereocenters. The highest BCUT2D eigenvalue weighted by molar-refractivity contribution is 9.09. The van der Waals surface area contributed by atoms with Crippen molar-refractivity contribution in [1.29, 1.82) is 0 Å². The number of hydrogen-bond acceptors (Lipinski definition) is 0. The lowest BCUT2D eigenvalue weighted by molar-refractivity contribution is 0.443. The van der Waals surface area contributed by atoms with Gasteiger partial charge in [0.05, 0.1) is 0 Å². The van der Waals surface area contributed by atoms with Crippen molar-refractivity contribution in [2.24, 2.45) is 5.92 Å². The normalized spacial score (nSPS) is 28.7. The predicted molar refractivity (Wildman–Crippen MR) is 86.0 cm³/mol. The second kappa shape index (κ2) is 5.99. The van der Waals surface area contributed by atoms with Crippen LogP contribution >= 0.6 is 15.9 Å². The summed E-state index contributed by atoms with van der Waals surface area (Å²) >= 11 is 3.94. The molecular formula is C18H25Br. The molecule has 0 bridgehead atoms. The second-order valence-electron chi connectivity index (χ2n) is 6.64. The number of benzene rings is 1. The van der Waals surface area contributed by atoms with Gasteiger partial charge in [-0.25, -0.2) is 0 Å². The molecule has 1 aromatic rings. The molecule has 19 heavy (non-hydrogen) atoms. The van der Waals surface area contributed by atoms with Gasteiger partial charge in [-0.15, -0.1) is 0 Å². The predicted octanol–water partition coefficient (Wildman–Crippen LogP) is 6.14. The van der Waals surface area contributed by atoms with Gasteiger partial charge in [0.2, 0.25) is 0 Å². The van der Waals surface area contributed by atoms with Gasteiger partial charge in [-0.2, -0.15) is 0 Å². The average Bonchev–Trinajstić information content (AvgIpc) is 2.59. The van der Waals surface area contributed by atoms with Crippen LogP contribution in [-0.2, 0) is 6.42 Å². The topological polar surface area (TPSA) is 0 Å². The Morgan fingerprint density at radius 1 is 1.05 bits per heavy atom. The molecule has 2 unspecified atom stereocenters. The molecule has 0 heterocycles. The zero-order valence-electron chi connectivity index (χ0n) is 12.0. The van der Waals surface area contributed by atoms with Gasteiger partial charge < -0.3 is 0 Å². The summed E-state index contributed by atoms with van der Waals surface area (Å²) in [5.74, 6) is 1.68. The largest absolute Gasteiger partial charge is 0.0839 e. The van der Waals surface area contributed by atoms with Crippen LogP contribution in [0.5, 0.6) is 0 Å². The van der Waals surface area contributed by atoms with Crippen LogP contribution in [-0.4, -0.2) is 0 Å². The summed E-state index contributed by atoms with van der Waals surface area (Å²) in [6.07, 6.45) is 11.0. The first kappa shape index (κ1) is 13.7. The molecule has 2 aliphatic carbocycles. The lowest BCUT2D eigenvalue weighted by Crippen LogP contribution is -2.06. The Morgan fingerprint density at radius 3 is 2.63 bits per heavy atom. The maximum atomic E-state index is 3.94. The van der Waals surface area contributed by atoms with E-state index in [4.69, 9.17) is 0 Å². The Bertz CT molecular complexity index is 431. The van der Waals surface area contributed by atoms with Gasteiger partial charge in [-0.3, -0.25) is 0 Å². The third-order valence-electron chi connectivity index (χ3n) is 5.10. The van der Waals surface area contributed by atoms with E-state index in [9.17, 15) is 0 Å². The average molecular weight is 321 g/mol. The molecule has 1 fully saturated rings. The highest BCUT2D eigenvalue weighted by atomic mass is 79.9. The van der Waals surface area contributed by atoms with E-state index < -0.39 is 0 Å². The summed E-state index contributed by atoms with van der Waals surface area (Å²) in [7, 11) is 0. The van der Waals surface area contributed by atoms with Crippen molar-refractivity contribution in [3.8, 4) is 0 Å². The van der Waals surface area contributed by atoms with Crippen molar-refractivity contribution in [2.75, 3.05) is 0 Å². The first-order valence-corrected chi connectivity index (χ1v) is 8.92. The SMILES string of the molecule is CC1CCc2ccc(C3CCCCC3)cc2C(Br)C1. The highest BCUT2D eigenvalue weighted by Crippen LogP contribution is 2.40. The molecule has 0 N–H and O–H groups in total. The van der Waals surface area contributed by atoms with E-state index in [0.29, 0.717) is 4.83 Å². The second-order valence-corrected chi connectivity index (χ2v) is 7.75. The van der Waals surface area contributed by atoms with E-state index in [-0.39, 0.29) is 0 Å². The minimum Gasteiger partial charge on any atom is -0.0839 e. The number of fused-ring (bicyclic) bond motifs is 1. The summed E-state index contributed by atoms with van der Waals surface area (Å²) in [6.45, 7) is 2.39. The molecule has 0 radical (unpaired) electrons. The van der Waals surface area contributed by atoms with Crippen molar-refractivity contribution in [1.82, 2.24) is 0 Å². The van der Waals surface area contributed by atoms with Crippen molar-refractivity contribution < 1.29 is 0 Å². The lowest BCUT2D eigenvalue weighted by Gasteiger charge is -2.23. The van der Waals surface area contributed by atoms with E-state index in [2.05, 4.69) is 41.1 Å². The minimum atomic E-state index is 0.573. The molecule has 0 aromatic heterocycles. The fourth-order valence-corrected chi connectivity index (χ4v) is 4.89. The van der Waals surface area contributed by atoms with Crippen molar-refractivity contribution in [3.05, 3.63) is 34.9 Å². The van der Waals surface area contributed by atoms with Crippen LogP contribution < -0.4 is 0 Å².